The lowest BCUT2D eigenvalue weighted by atomic mass is 9.91. The molecule has 2 fully saturated rings. The van der Waals surface area contributed by atoms with Gasteiger partial charge in [-0.3, -0.25) is 4.90 Å². The van der Waals surface area contributed by atoms with E-state index in [4.69, 9.17) is 4.74 Å². The van der Waals surface area contributed by atoms with E-state index < -0.39 is 11.7 Å². The monoisotopic (exact) mass is 383 g/mol. The maximum Gasteiger partial charge on any atom is 0.119 e. The van der Waals surface area contributed by atoms with Gasteiger partial charge in [-0.15, -0.1) is 0 Å². The number of aliphatic hydroxyl groups is 2. The molecule has 2 unspecified atom stereocenters. The van der Waals surface area contributed by atoms with Gasteiger partial charge in [0.15, 0.2) is 0 Å². The number of hydrogen-bond donors (Lipinski definition) is 3. The maximum atomic E-state index is 11.2. The van der Waals surface area contributed by atoms with Gasteiger partial charge in [0.2, 0.25) is 0 Å². The molecule has 3 N–H and O–H groups in total. The van der Waals surface area contributed by atoms with Crippen LogP contribution in [0.5, 0.6) is 11.5 Å². The highest BCUT2D eigenvalue weighted by molar-refractivity contribution is 5.30. The number of fused-ring (bicyclic) bond motifs is 1. The molecule has 2 aromatic rings. The predicted octanol–water partition coefficient (Wildman–Crippen LogP) is 2.75. The van der Waals surface area contributed by atoms with Crippen molar-refractivity contribution in [1.29, 1.82) is 0 Å². The molecule has 0 bridgehead atoms. The second kappa shape index (κ2) is 7.74. The van der Waals surface area contributed by atoms with Crippen LogP contribution in [0.15, 0.2) is 48.5 Å². The molecule has 5 heteroatoms. The number of β-amino-alcohol motifs (C(OH)–C–C–N with tert-alkyl or cyclic N) is 1. The Kier molecular flexibility index (Phi) is 5.32. The van der Waals surface area contributed by atoms with Crippen LogP contribution in [-0.2, 0) is 6.42 Å². The second-order valence-electron chi connectivity index (χ2n) is 8.51. The first kappa shape index (κ1) is 19.2. The Hall–Kier alpha value is -2.08. The number of rotatable bonds is 6. The van der Waals surface area contributed by atoms with Gasteiger partial charge < -0.3 is 20.1 Å². The molecular formula is C23H29NO4. The number of nitrogens with zero attached hydrogens (tertiary/aromatic N) is 1. The van der Waals surface area contributed by atoms with Gasteiger partial charge in [0, 0.05) is 26.1 Å². The van der Waals surface area contributed by atoms with Crippen LogP contribution in [0.25, 0.3) is 0 Å². The number of aliphatic hydroxyl groups excluding tert-OH is 1. The minimum Gasteiger partial charge on any atom is -0.508 e. The Bertz CT molecular complexity index is 793. The number of benzene rings is 2. The summed E-state index contributed by atoms with van der Waals surface area (Å²) in [6.45, 7) is 2.42. The van der Waals surface area contributed by atoms with Crippen LogP contribution in [0.1, 0.15) is 30.1 Å². The van der Waals surface area contributed by atoms with E-state index >= 15 is 0 Å². The van der Waals surface area contributed by atoms with Crippen LogP contribution in [0.2, 0.25) is 0 Å². The van der Waals surface area contributed by atoms with Gasteiger partial charge in [-0.1, -0.05) is 24.3 Å². The summed E-state index contributed by atoms with van der Waals surface area (Å²) in [6, 6.07) is 14.7. The van der Waals surface area contributed by atoms with Crippen molar-refractivity contribution < 1.29 is 20.1 Å². The molecule has 1 heterocycles. The average molecular weight is 383 g/mol. The summed E-state index contributed by atoms with van der Waals surface area (Å²) in [6.07, 6.45) is 1.71. The lowest BCUT2D eigenvalue weighted by Gasteiger charge is -2.27. The third-order valence-corrected chi connectivity index (χ3v) is 6.31. The van der Waals surface area contributed by atoms with Gasteiger partial charge in [0.1, 0.15) is 11.5 Å². The topological polar surface area (TPSA) is 73.2 Å². The van der Waals surface area contributed by atoms with E-state index in [1.165, 1.54) is 0 Å². The van der Waals surface area contributed by atoms with Crippen LogP contribution in [0.3, 0.4) is 0 Å². The third kappa shape index (κ3) is 4.17. The summed E-state index contributed by atoms with van der Waals surface area (Å²) in [5, 5.41) is 31.0. The van der Waals surface area contributed by atoms with Crippen LogP contribution < -0.4 is 4.74 Å². The number of aromatic hydroxyl groups is 1. The number of methoxy groups -OCH3 is 1. The highest BCUT2D eigenvalue weighted by atomic mass is 16.5. The number of ether oxygens (including phenoxy) is 1. The SMILES string of the molecule is COc1cccc(CC2(O)C[C@H]3CN(CC(O)c4ccc(O)cc4)C[C@H]3C2)c1. The molecule has 1 aliphatic carbocycles. The fraction of sp³-hybridized carbons (Fsp3) is 0.478. The van der Waals surface area contributed by atoms with Gasteiger partial charge in [-0.2, -0.15) is 0 Å². The summed E-state index contributed by atoms with van der Waals surface area (Å²) in [4.78, 5) is 2.30. The van der Waals surface area contributed by atoms with Crippen molar-refractivity contribution in [3.8, 4) is 11.5 Å². The smallest absolute Gasteiger partial charge is 0.119 e. The molecule has 1 saturated carbocycles. The number of phenols is 1. The Balaban J connectivity index is 1.33. The van der Waals surface area contributed by atoms with Crippen molar-refractivity contribution in [3.63, 3.8) is 0 Å². The molecule has 4 rings (SSSR count). The van der Waals surface area contributed by atoms with E-state index in [2.05, 4.69) is 11.0 Å². The van der Waals surface area contributed by atoms with E-state index in [9.17, 15) is 15.3 Å². The molecule has 0 aromatic heterocycles. The van der Waals surface area contributed by atoms with Gasteiger partial charge >= 0.3 is 0 Å². The maximum absolute atomic E-state index is 11.2. The fourth-order valence-electron chi connectivity index (χ4n) is 5.06. The Morgan fingerprint density at radius 3 is 2.43 bits per heavy atom. The zero-order chi connectivity index (χ0) is 19.7. The summed E-state index contributed by atoms with van der Waals surface area (Å²) in [7, 11) is 1.66. The van der Waals surface area contributed by atoms with Gasteiger partial charge in [-0.25, -0.2) is 0 Å². The molecule has 0 radical (unpaired) electrons. The molecule has 1 aliphatic heterocycles. The van der Waals surface area contributed by atoms with Crippen molar-refractivity contribution >= 4 is 0 Å². The Morgan fingerprint density at radius 1 is 1.11 bits per heavy atom. The van der Waals surface area contributed by atoms with E-state index in [0.717, 1.165) is 42.8 Å². The first-order chi connectivity index (χ1) is 13.4. The molecule has 150 valence electrons. The molecule has 5 nitrogen and oxygen atoms in total. The van der Waals surface area contributed by atoms with Crippen LogP contribution in [-0.4, -0.2) is 52.6 Å². The van der Waals surface area contributed by atoms with Crippen LogP contribution in [0, 0.1) is 11.8 Å². The second-order valence-corrected chi connectivity index (χ2v) is 8.51. The average Bonchev–Trinajstić information content (AvgIpc) is 3.16. The molecule has 2 aromatic carbocycles. The first-order valence-electron chi connectivity index (χ1n) is 9.99. The minimum atomic E-state index is -0.649. The predicted molar refractivity (Wildman–Crippen MR) is 107 cm³/mol. The largest absolute Gasteiger partial charge is 0.508 e. The van der Waals surface area contributed by atoms with E-state index in [0.29, 0.717) is 24.8 Å². The van der Waals surface area contributed by atoms with Crippen LogP contribution in [0.4, 0.5) is 0 Å². The number of hydrogen-bond acceptors (Lipinski definition) is 5. The number of likely N-dealkylation sites (tertiary alicyclic amines) is 1. The summed E-state index contributed by atoms with van der Waals surface area (Å²) in [5.74, 6) is 1.99. The van der Waals surface area contributed by atoms with E-state index in [1.807, 2.05) is 18.2 Å². The molecular weight excluding hydrogens is 354 g/mol. The van der Waals surface area contributed by atoms with Crippen molar-refractivity contribution in [2.45, 2.75) is 31.0 Å². The Morgan fingerprint density at radius 2 is 1.79 bits per heavy atom. The van der Waals surface area contributed by atoms with Crippen molar-refractivity contribution in [2.24, 2.45) is 11.8 Å². The van der Waals surface area contributed by atoms with Crippen molar-refractivity contribution in [3.05, 3.63) is 59.7 Å². The first-order valence-corrected chi connectivity index (χ1v) is 9.99. The number of phenolic OH excluding ortho intramolecular Hbond substituents is 1. The normalized spacial score (nSPS) is 28.2. The lowest BCUT2D eigenvalue weighted by molar-refractivity contribution is 0.0328. The van der Waals surface area contributed by atoms with Gasteiger partial charge in [0.05, 0.1) is 18.8 Å². The van der Waals surface area contributed by atoms with Crippen LogP contribution >= 0.6 is 0 Å². The van der Waals surface area contributed by atoms with Crippen molar-refractivity contribution in [1.82, 2.24) is 4.90 Å². The summed E-state index contributed by atoms with van der Waals surface area (Å²) < 4.78 is 5.29. The summed E-state index contributed by atoms with van der Waals surface area (Å²) in [5.41, 5.74) is 1.29. The molecule has 28 heavy (non-hydrogen) atoms. The van der Waals surface area contributed by atoms with E-state index in [1.54, 1.807) is 31.4 Å². The lowest BCUT2D eigenvalue weighted by Crippen LogP contribution is -2.33. The van der Waals surface area contributed by atoms with Gasteiger partial charge in [-0.05, 0) is 60.1 Å². The zero-order valence-corrected chi connectivity index (χ0v) is 16.3. The standard InChI is InChI=1S/C23H29NO4/c1-28-21-4-2-3-16(9-21)10-23(27)11-18-13-24(14-19(18)12-23)15-22(26)17-5-7-20(25)8-6-17/h2-9,18-19,22,25-27H,10-15H2,1H3/t18-,19+,22?,23?. The highest BCUT2D eigenvalue weighted by Crippen LogP contribution is 2.45. The Labute approximate surface area is 166 Å². The quantitative estimate of drug-likeness (QED) is 0.715. The minimum absolute atomic E-state index is 0.210. The molecule has 2 aliphatic rings. The molecule has 0 amide bonds. The molecule has 0 spiro atoms. The zero-order valence-electron chi connectivity index (χ0n) is 16.3. The van der Waals surface area contributed by atoms with Crippen molar-refractivity contribution in [2.75, 3.05) is 26.7 Å². The highest BCUT2D eigenvalue weighted by Gasteiger charge is 2.48. The van der Waals surface area contributed by atoms with Gasteiger partial charge in [0.25, 0.3) is 0 Å². The molecule has 4 atom stereocenters. The van der Waals surface area contributed by atoms with E-state index in [-0.39, 0.29) is 5.75 Å². The molecule has 1 saturated heterocycles. The summed E-state index contributed by atoms with van der Waals surface area (Å²) >= 11 is 0. The third-order valence-electron chi connectivity index (χ3n) is 6.31. The fourth-order valence-corrected chi connectivity index (χ4v) is 5.06.